The molecule has 0 atom stereocenters. The molecular formula is C15H19BrFNO5S. The molecule has 0 unspecified atom stereocenters. The van der Waals surface area contributed by atoms with Crippen LogP contribution in [0.1, 0.15) is 39.3 Å². The quantitative estimate of drug-likeness (QED) is 0.546. The highest BCUT2D eigenvalue weighted by molar-refractivity contribution is 9.10. The van der Waals surface area contributed by atoms with E-state index >= 15 is 0 Å². The van der Waals surface area contributed by atoms with Gasteiger partial charge in [-0.1, -0.05) is 0 Å². The van der Waals surface area contributed by atoms with E-state index < -0.39 is 39.0 Å². The molecular weight excluding hydrogens is 405 g/mol. The molecule has 9 heteroatoms. The lowest BCUT2D eigenvalue weighted by Gasteiger charge is -2.45. The van der Waals surface area contributed by atoms with Crippen molar-refractivity contribution in [3.63, 3.8) is 0 Å². The molecule has 0 bridgehead atoms. The zero-order chi connectivity index (χ0) is 18.3. The largest absolute Gasteiger partial charge is 0.462 e. The summed E-state index contributed by atoms with van der Waals surface area (Å²) in [4.78, 5) is 15.9. The van der Waals surface area contributed by atoms with E-state index in [1.807, 2.05) is 0 Å². The van der Waals surface area contributed by atoms with Gasteiger partial charge in [0, 0.05) is 23.5 Å². The zero-order valence-electron chi connectivity index (χ0n) is 13.8. The number of nitrogens with zero attached hydrogens (tertiary/aromatic N) is 1. The van der Waals surface area contributed by atoms with Crippen LogP contribution < -0.4 is 0 Å². The van der Waals surface area contributed by atoms with Crippen molar-refractivity contribution >= 4 is 32.0 Å². The van der Waals surface area contributed by atoms with Gasteiger partial charge in [0.2, 0.25) is 0 Å². The Bertz CT molecular complexity index is 754. The molecule has 1 aliphatic rings. The van der Waals surface area contributed by atoms with Crippen molar-refractivity contribution in [2.24, 2.45) is 5.41 Å². The summed E-state index contributed by atoms with van der Waals surface area (Å²) in [6.45, 7) is 5.14. The highest BCUT2D eigenvalue weighted by atomic mass is 79.9. The molecule has 1 aromatic rings. The van der Waals surface area contributed by atoms with Gasteiger partial charge >= 0.3 is 5.97 Å². The van der Waals surface area contributed by atoms with Gasteiger partial charge in [-0.15, -0.1) is 0 Å². The average molecular weight is 424 g/mol. The fourth-order valence-electron chi connectivity index (χ4n) is 2.43. The molecule has 0 N–H and O–H groups in total. The summed E-state index contributed by atoms with van der Waals surface area (Å²) in [5.74, 6) is -1.10. The lowest BCUT2D eigenvalue weighted by Crippen LogP contribution is -2.51. The van der Waals surface area contributed by atoms with Crippen molar-refractivity contribution < 1.29 is 26.5 Å². The summed E-state index contributed by atoms with van der Waals surface area (Å²) < 4.78 is 48.3. The third kappa shape index (κ3) is 4.31. The Kier molecular flexibility index (Phi) is 5.09. The van der Waals surface area contributed by atoms with E-state index in [4.69, 9.17) is 8.92 Å². The fourth-order valence-corrected chi connectivity index (χ4v) is 3.53. The SMILES string of the molecule is CC(C)(C)C(=O)OC1CC(OS(C)(=O)=O)(c2ncc(Br)cc2F)C1. The Hall–Kier alpha value is -1.06. The number of pyridine rings is 1. The minimum Gasteiger partial charge on any atom is -0.462 e. The Morgan fingerprint density at radius 2 is 2.00 bits per heavy atom. The average Bonchev–Trinajstić information content (AvgIpc) is 2.32. The predicted octanol–water partition coefficient (Wildman–Crippen LogP) is 2.91. The minimum absolute atomic E-state index is 0.0213. The third-order valence-electron chi connectivity index (χ3n) is 3.55. The van der Waals surface area contributed by atoms with Gasteiger partial charge in [0.05, 0.1) is 11.7 Å². The van der Waals surface area contributed by atoms with E-state index in [9.17, 15) is 17.6 Å². The number of carbonyl (C=O) groups is 1. The molecule has 134 valence electrons. The van der Waals surface area contributed by atoms with Gasteiger partial charge in [-0.3, -0.25) is 14.0 Å². The van der Waals surface area contributed by atoms with Gasteiger partial charge in [-0.2, -0.15) is 8.42 Å². The van der Waals surface area contributed by atoms with Crippen LogP contribution in [-0.4, -0.2) is 31.7 Å². The van der Waals surface area contributed by atoms with Crippen LogP contribution >= 0.6 is 15.9 Å². The molecule has 1 heterocycles. The minimum atomic E-state index is -3.86. The molecule has 2 rings (SSSR count). The topological polar surface area (TPSA) is 82.6 Å². The maximum Gasteiger partial charge on any atom is 0.311 e. The van der Waals surface area contributed by atoms with Crippen LogP contribution in [0.15, 0.2) is 16.7 Å². The summed E-state index contributed by atoms with van der Waals surface area (Å²) >= 11 is 3.10. The van der Waals surface area contributed by atoms with Crippen molar-refractivity contribution in [2.45, 2.75) is 45.3 Å². The van der Waals surface area contributed by atoms with Gasteiger partial charge in [-0.25, -0.2) is 4.39 Å². The van der Waals surface area contributed by atoms with Crippen molar-refractivity contribution in [1.82, 2.24) is 4.98 Å². The normalized spacial score (nSPS) is 24.3. The molecule has 0 aliphatic heterocycles. The molecule has 0 radical (unpaired) electrons. The van der Waals surface area contributed by atoms with Crippen LogP contribution in [0.25, 0.3) is 0 Å². The Morgan fingerprint density at radius 3 is 2.46 bits per heavy atom. The maximum absolute atomic E-state index is 14.2. The van der Waals surface area contributed by atoms with Gasteiger partial charge in [0.25, 0.3) is 10.1 Å². The Balaban J connectivity index is 2.25. The van der Waals surface area contributed by atoms with E-state index in [-0.39, 0.29) is 18.5 Å². The molecule has 0 amide bonds. The molecule has 1 fully saturated rings. The molecule has 1 aromatic heterocycles. The first-order valence-corrected chi connectivity index (χ1v) is 9.87. The fraction of sp³-hybridized carbons (Fsp3) is 0.600. The highest BCUT2D eigenvalue weighted by Crippen LogP contribution is 2.48. The first kappa shape index (κ1) is 19.3. The maximum atomic E-state index is 14.2. The summed E-state index contributed by atoms with van der Waals surface area (Å²) in [5.41, 5.74) is -2.25. The summed E-state index contributed by atoms with van der Waals surface area (Å²) in [6.07, 6.45) is 1.74. The molecule has 6 nitrogen and oxygen atoms in total. The first-order valence-electron chi connectivity index (χ1n) is 7.26. The van der Waals surface area contributed by atoms with Crippen LogP contribution in [-0.2, 0) is 29.4 Å². The number of halogens is 2. The smallest absolute Gasteiger partial charge is 0.311 e. The number of ether oxygens (including phenoxy) is 1. The van der Waals surface area contributed by atoms with Crippen LogP contribution in [0.5, 0.6) is 0 Å². The lowest BCUT2D eigenvalue weighted by molar-refractivity contribution is -0.178. The van der Waals surface area contributed by atoms with Gasteiger partial charge < -0.3 is 4.74 Å². The van der Waals surface area contributed by atoms with Crippen molar-refractivity contribution in [3.8, 4) is 0 Å². The van der Waals surface area contributed by atoms with Crippen LogP contribution in [0.2, 0.25) is 0 Å². The molecule has 0 saturated heterocycles. The van der Waals surface area contributed by atoms with Crippen LogP contribution in [0.3, 0.4) is 0 Å². The zero-order valence-corrected chi connectivity index (χ0v) is 16.2. The Morgan fingerprint density at radius 1 is 1.42 bits per heavy atom. The number of carbonyl (C=O) groups excluding carboxylic acids is 1. The standard InChI is InChI=1S/C15H19BrFNO5S/c1-14(2,3)13(19)22-10-6-15(7-10,23-24(4,20)21)12-11(17)5-9(16)8-18-12/h5,8,10H,6-7H2,1-4H3. The van der Waals surface area contributed by atoms with Crippen LogP contribution in [0.4, 0.5) is 4.39 Å². The van der Waals surface area contributed by atoms with E-state index in [2.05, 4.69) is 20.9 Å². The second-order valence-electron chi connectivity index (χ2n) is 6.95. The summed E-state index contributed by atoms with van der Waals surface area (Å²) in [5, 5.41) is 0. The molecule has 1 aliphatic carbocycles. The Labute approximate surface area is 149 Å². The number of hydrogen-bond donors (Lipinski definition) is 0. The van der Waals surface area contributed by atoms with Crippen molar-refractivity contribution in [1.29, 1.82) is 0 Å². The highest BCUT2D eigenvalue weighted by Gasteiger charge is 2.54. The lowest BCUT2D eigenvalue weighted by atomic mass is 9.74. The van der Waals surface area contributed by atoms with Crippen molar-refractivity contribution in [2.75, 3.05) is 6.26 Å². The molecule has 0 spiro atoms. The van der Waals surface area contributed by atoms with Gasteiger partial charge in [0.1, 0.15) is 23.2 Å². The molecule has 1 saturated carbocycles. The van der Waals surface area contributed by atoms with Crippen LogP contribution in [0, 0.1) is 11.2 Å². The number of hydrogen-bond acceptors (Lipinski definition) is 6. The van der Waals surface area contributed by atoms with Crippen molar-refractivity contribution in [3.05, 3.63) is 28.2 Å². The summed E-state index contributed by atoms with van der Waals surface area (Å²) in [7, 11) is -3.86. The van der Waals surface area contributed by atoms with Gasteiger partial charge in [0.15, 0.2) is 0 Å². The molecule has 24 heavy (non-hydrogen) atoms. The monoisotopic (exact) mass is 423 g/mol. The van der Waals surface area contributed by atoms with E-state index in [0.717, 1.165) is 6.26 Å². The van der Waals surface area contributed by atoms with E-state index in [1.165, 1.54) is 12.3 Å². The second-order valence-corrected chi connectivity index (χ2v) is 9.44. The van der Waals surface area contributed by atoms with E-state index in [0.29, 0.717) is 4.47 Å². The summed E-state index contributed by atoms with van der Waals surface area (Å²) in [6, 6.07) is 1.18. The molecule has 0 aromatic carbocycles. The third-order valence-corrected chi connectivity index (χ3v) is 4.61. The van der Waals surface area contributed by atoms with Gasteiger partial charge in [-0.05, 0) is 42.8 Å². The first-order chi connectivity index (χ1) is 10.8. The predicted molar refractivity (Wildman–Crippen MR) is 88.1 cm³/mol. The number of rotatable bonds is 4. The second kappa shape index (κ2) is 6.34. The number of aromatic nitrogens is 1. The number of esters is 1. The van der Waals surface area contributed by atoms with E-state index in [1.54, 1.807) is 20.8 Å².